The Labute approximate surface area is 161 Å². The van der Waals surface area contributed by atoms with Crippen molar-refractivity contribution >= 4 is 40.0 Å². The summed E-state index contributed by atoms with van der Waals surface area (Å²) >= 11 is 6.14. The van der Waals surface area contributed by atoms with Crippen LogP contribution in [0.1, 0.15) is 29.2 Å². The number of halogens is 1. The molecule has 8 nitrogen and oxygen atoms in total. The number of fused-ring (bicyclic) bond motifs is 1. The van der Waals surface area contributed by atoms with Gasteiger partial charge in [0, 0.05) is 41.3 Å². The molecule has 1 saturated heterocycles. The lowest BCUT2D eigenvalue weighted by atomic mass is 10.1. The largest absolute Gasteiger partial charge is 0.336 e. The number of carbonyl (C=O) groups excluding carboxylic acids is 1. The van der Waals surface area contributed by atoms with Gasteiger partial charge in [0.25, 0.3) is 5.91 Å². The minimum Gasteiger partial charge on any atom is -0.336 e. The summed E-state index contributed by atoms with van der Waals surface area (Å²) in [5.41, 5.74) is 7.49. The molecule has 0 spiro atoms. The fourth-order valence-electron chi connectivity index (χ4n) is 3.14. The van der Waals surface area contributed by atoms with E-state index in [4.69, 9.17) is 17.3 Å². The first kappa shape index (κ1) is 17.7. The Morgan fingerprint density at radius 1 is 1.30 bits per heavy atom. The topological polar surface area (TPSA) is 113 Å². The van der Waals surface area contributed by atoms with Gasteiger partial charge >= 0.3 is 0 Å². The lowest BCUT2D eigenvalue weighted by Crippen LogP contribution is -2.43. The molecule has 0 saturated carbocycles. The number of H-pyrrole nitrogens is 1. The molecule has 4 N–H and O–H groups in total. The number of aromatic amines is 1. The van der Waals surface area contributed by atoms with E-state index in [1.54, 1.807) is 23.1 Å². The van der Waals surface area contributed by atoms with Crippen molar-refractivity contribution in [2.24, 2.45) is 5.73 Å². The van der Waals surface area contributed by atoms with Crippen LogP contribution in [-0.4, -0.2) is 50.1 Å². The molecule has 3 heterocycles. The van der Waals surface area contributed by atoms with Crippen LogP contribution in [0.5, 0.6) is 0 Å². The van der Waals surface area contributed by atoms with Gasteiger partial charge in [-0.05, 0) is 38.0 Å². The van der Waals surface area contributed by atoms with E-state index >= 15 is 0 Å². The molecule has 1 aliphatic heterocycles. The Bertz CT molecular complexity index is 995. The van der Waals surface area contributed by atoms with E-state index in [1.807, 2.05) is 13.0 Å². The highest BCUT2D eigenvalue weighted by molar-refractivity contribution is 6.31. The van der Waals surface area contributed by atoms with Crippen LogP contribution in [0, 0.1) is 6.92 Å². The van der Waals surface area contributed by atoms with Gasteiger partial charge in [-0.3, -0.25) is 9.89 Å². The number of piperidine rings is 1. The zero-order valence-corrected chi connectivity index (χ0v) is 15.6. The number of likely N-dealkylation sites (tertiary alicyclic amines) is 1. The molecule has 1 aromatic carbocycles. The van der Waals surface area contributed by atoms with Gasteiger partial charge in [-0.15, -0.1) is 0 Å². The van der Waals surface area contributed by atoms with Crippen LogP contribution in [0.2, 0.25) is 5.02 Å². The highest BCUT2D eigenvalue weighted by Crippen LogP contribution is 2.27. The van der Waals surface area contributed by atoms with Crippen molar-refractivity contribution in [2.75, 3.05) is 18.4 Å². The van der Waals surface area contributed by atoms with E-state index in [0.29, 0.717) is 35.3 Å². The van der Waals surface area contributed by atoms with Gasteiger partial charge in [-0.25, -0.2) is 9.97 Å². The summed E-state index contributed by atoms with van der Waals surface area (Å²) in [6, 6.07) is 7.30. The molecule has 4 rings (SSSR count). The Morgan fingerprint density at radius 2 is 2.07 bits per heavy atom. The average molecular weight is 386 g/mol. The van der Waals surface area contributed by atoms with Gasteiger partial charge in [0.15, 0.2) is 5.82 Å². The summed E-state index contributed by atoms with van der Waals surface area (Å²) in [6.45, 7) is 3.13. The van der Waals surface area contributed by atoms with Crippen LogP contribution in [0.3, 0.4) is 0 Å². The molecule has 0 aliphatic carbocycles. The number of benzene rings is 1. The van der Waals surface area contributed by atoms with Gasteiger partial charge in [-0.2, -0.15) is 5.10 Å². The second-order valence-electron chi connectivity index (χ2n) is 6.75. The van der Waals surface area contributed by atoms with Gasteiger partial charge in [0.1, 0.15) is 5.82 Å². The van der Waals surface area contributed by atoms with Gasteiger partial charge in [-0.1, -0.05) is 11.6 Å². The smallest absolute Gasteiger partial charge is 0.291 e. The molecule has 140 valence electrons. The first-order valence-corrected chi connectivity index (χ1v) is 9.18. The lowest BCUT2D eigenvalue weighted by Gasteiger charge is -2.29. The minimum atomic E-state index is -0.194. The third-order valence-electron chi connectivity index (χ3n) is 4.63. The Kier molecular flexibility index (Phi) is 4.67. The van der Waals surface area contributed by atoms with E-state index in [1.165, 1.54) is 0 Å². The van der Waals surface area contributed by atoms with E-state index in [0.717, 1.165) is 23.9 Å². The molecular weight excluding hydrogens is 366 g/mol. The van der Waals surface area contributed by atoms with E-state index < -0.39 is 0 Å². The number of aromatic nitrogens is 4. The van der Waals surface area contributed by atoms with E-state index in [-0.39, 0.29) is 17.8 Å². The highest BCUT2D eigenvalue weighted by atomic mass is 35.5. The number of nitrogens with zero attached hydrogens (tertiary/aromatic N) is 4. The van der Waals surface area contributed by atoms with E-state index in [9.17, 15) is 4.79 Å². The molecule has 1 aliphatic rings. The summed E-state index contributed by atoms with van der Waals surface area (Å²) in [7, 11) is 0. The number of aryl methyl sites for hydroxylation is 1. The van der Waals surface area contributed by atoms with Gasteiger partial charge < -0.3 is 16.0 Å². The SMILES string of the molecule is Cc1cc(Nc2nc(C(=O)N3CCC(N)CC3)nc3ccc(Cl)cc23)n[nH]1. The molecule has 1 fully saturated rings. The van der Waals surface area contributed by atoms with Crippen molar-refractivity contribution in [2.45, 2.75) is 25.8 Å². The zero-order chi connectivity index (χ0) is 19.0. The maximum Gasteiger partial charge on any atom is 0.291 e. The molecule has 0 bridgehead atoms. The van der Waals surface area contributed by atoms with Crippen molar-refractivity contribution in [3.05, 3.63) is 40.8 Å². The average Bonchev–Trinajstić information content (AvgIpc) is 3.07. The van der Waals surface area contributed by atoms with Gasteiger partial charge in [0.2, 0.25) is 5.82 Å². The fourth-order valence-corrected chi connectivity index (χ4v) is 3.31. The number of anilines is 2. The van der Waals surface area contributed by atoms with Crippen LogP contribution < -0.4 is 11.1 Å². The summed E-state index contributed by atoms with van der Waals surface area (Å²) in [6.07, 6.45) is 1.57. The van der Waals surface area contributed by atoms with Crippen molar-refractivity contribution < 1.29 is 4.79 Å². The number of hydrogen-bond acceptors (Lipinski definition) is 6. The van der Waals surface area contributed by atoms with Crippen LogP contribution in [0.4, 0.5) is 11.6 Å². The third-order valence-corrected chi connectivity index (χ3v) is 4.86. The maximum absolute atomic E-state index is 12.9. The summed E-state index contributed by atoms with van der Waals surface area (Å²) in [5, 5.41) is 11.5. The summed E-state index contributed by atoms with van der Waals surface area (Å²) in [5.74, 6) is 1.05. The van der Waals surface area contributed by atoms with Crippen LogP contribution in [0.25, 0.3) is 10.9 Å². The quantitative estimate of drug-likeness (QED) is 0.638. The Hall–Kier alpha value is -2.71. The third kappa shape index (κ3) is 3.72. The molecule has 0 unspecified atom stereocenters. The Morgan fingerprint density at radius 3 is 2.78 bits per heavy atom. The molecule has 3 aromatic rings. The van der Waals surface area contributed by atoms with Crippen molar-refractivity contribution in [3.8, 4) is 0 Å². The molecule has 27 heavy (non-hydrogen) atoms. The van der Waals surface area contributed by atoms with Gasteiger partial charge in [0.05, 0.1) is 5.52 Å². The predicted octanol–water partition coefficient (Wildman–Crippen LogP) is 2.62. The van der Waals surface area contributed by atoms with Crippen molar-refractivity contribution in [3.63, 3.8) is 0 Å². The van der Waals surface area contributed by atoms with Crippen LogP contribution >= 0.6 is 11.6 Å². The number of hydrogen-bond donors (Lipinski definition) is 3. The highest BCUT2D eigenvalue weighted by Gasteiger charge is 2.24. The normalized spacial score (nSPS) is 15.3. The molecule has 1 amide bonds. The molecule has 0 atom stereocenters. The van der Waals surface area contributed by atoms with Crippen molar-refractivity contribution in [1.29, 1.82) is 0 Å². The van der Waals surface area contributed by atoms with Crippen LogP contribution in [-0.2, 0) is 0 Å². The maximum atomic E-state index is 12.9. The molecule has 9 heteroatoms. The second-order valence-corrected chi connectivity index (χ2v) is 7.18. The molecule has 2 aromatic heterocycles. The molecular formula is C18H20ClN7O. The zero-order valence-electron chi connectivity index (χ0n) is 14.9. The second kappa shape index (κ2) is 7.13. The first-order chi connectivity index (χ1) is 13.0. The summed E-state index contributed by atoms with van der Waals surface area (Å²) < 4.78 is 0. The first-order valence-electron chi connectivity index (χ1n) is 8.81. The standard InChI is InChI=1S/C18H20ClN7O/c1-10-8-15(25-24-10)22-16-13-9-11(19)2-3-14(13)21-17(23-16)18(27)26-6-4-12(20)5-7-26/h2-3,8-9,12H,4-7,20H2,1H3,(H2,21,22,23,24,25). The number of nitrogens with one attached hydrogen (secondary N) is 2. The monoisotopic (exact) mass is 385 g/mol. The number of nitrogens with two attached hydrogens (primary N) is 1. The number of amides is 1. The fraction of sp³-hybridized carbons (Fsp3) is 0.333. The number of carbonyl (C=O) groups is 1. The van der Waals surface area contributed by atoms with Crippen molar-refractivity contribution in [1.82, 2.24) is 25.1 Å². The van der Waals surface area contributed by atoms with Crippen LogP contribution in [0.15, 0.2) is 24.3 Å². The lowest BCUT2D eigenvalue weighted by molar-refractivity contribution is 0.0703. The molecule has 0 radical (unpaired) electrons. The van der Waals surface area contributed by atoms with E-state index in [2.05, 4.69) is 25.5 Å². The summed E-state index contributed by atoms with van der Waals surface area (Å²) in [4.78, 5) is 23.6. The minimum absolute atomic E-state index is 0.147. The Balaban J connectivity index is 1.73. The predicted molar refractivity (Wildman–Crippen MR) is 104 cm³/mol. The number of rotatable bonds is 3.